The van der Waals surface area contributed by atoms with Gasteiger partial charge < -0.3 is 10.2 Å². The fourth-order valence-corrected chi connectivity index (χ4v) is 3.76. The highest BCUT2D eigenvalue weighted by molar-refractivity contribution is 5.76. The standard InChI is InChI=1S/C17H26N4O2/c22-16(10-13-4-2-1-3-5-13)19-14-6-8-21(9-7-14)15-11-17(23)20-18-12-15/h11-14H,1-10H2,(H,19,22)(H,20,23). The lowest BCUT2D eigenvalue weighted by Crippen LogP contribution is -2.45. The van der Waals surface area contributed by atoms with Crippen LogP contribution in [0.4, 0.5) is 5.69 Å². The molecule has 3 rings (SSSR count). The number of aromatic nitrogens is 2. The highest BCUT2D eigenvalue weighted by Gasteiger charge is 2.23. The van der Waals surface area contributed by atoms with Gasteiger partial charge >= 0.3 is 0 Å². The molecule has 0 spiro atoms. The van der Waals surface area contributed by atoms with Crippen LogP contribution in [0.1, 0.15) is 51.4 Å². The van der Waals surface area contributed by atoms with Crippen molar-refractivity contribution in [3.8, 4) is 0 Å². The van der Waals surface area contributed by atoms with E-state index in [2.05, 4.69) is 20.4 Å². The second-order valence-corrected chi connectivity index (χ2v) is 6.84. The minimum absolute atomic E-state index is 0.176. The summed E-state index contributed by atoms with van der Waals surface area (Å²) in [5.41, 5.74) is 0.686. The summed E-state index contributed by atoms with van der Waals surface area (Å²) in [5, 5.41) is 9.44. The van der Waals surface area contributed by atoms with Crippen LogP contribution < -0.4 is 15.8 Å². The fraction of sp³-hybridized carbons (Fsp3) is 0.706. The van der Waals surface area contributed by atoms with Gasteiger partial charge in [-0.3, -0.25) is 9.59 Å². The number of carbonyl (C=O) groups excluding carboxylic acids is 1. The van der Waals surface area contributed by atoms with Crippen LogP contribution in [-0.4, -0.2) is 35.2 Å². The minimum Gasteiger partial charge on any atom is -0.370 e. The molecule has 0 unspecified atom stereocenters. The van der Waals surface area contributed by atoms with Crippen LogP contribution in [0.15, 0.2) is 17.1 Å². The highest BCUT2D eigenvalue weighted by Crippen LogP contribution is 2.26. The molecule has 1 aliphatic carbocycles. The third-order valence-corrected chi connectivity index (χ3v) is 5.07. The molecule has 2 fully saturated rings. The van der Waals surface area contributed by atoms with E-state index in [0.717, 1.165) is 31.6 Å². The molecule has 0 aromatic carbocycles. The van der Waals surface area contributed by atoms with E-state index in [4.69, 9.17) is 0 Å². The Balaban J connectivity index is 1.43. The Morgan fingerprint density at radius 3 is 2.65 bits per heavy atom. The molecule has 23 heavy (non-hydrogen) atoms. The maximum Gasteiger partial charge on any atom is 0.266 e. The summed E-state index contributed by atoms with van der Waals surface area (Å²) in [6.45, 7) is 1.69. The fourth-order valence-electron chi connectivity index (χ4n) is 3.76. The van der Waals surface area contributed by atoms with Gasteiger partial charge in [0.15, 0.2) is 0 Å². The molecule has 0 radical (unpaired) electrons. The van der Waals surface area contributed by atoms with Crippen LogP contribution in [0.2, 0.25) is 0 Å². The first kappa shape index (κ1) is 16.0. The first-order chi connectivity index (χ1) is 11.2. The summed E-state index contributed by atoms with van der Waals surface area (Å²) in [6, 6.07) is 1.84. The van der Waals surface area contributed by atoms with Crippen molar-refractivity contribution in [1.82, 2.24) is 15.5 Å². The molecule has 0 bridgehead atoms. The van der Waals surface area contributed by atoms with Crippen molar-refractivity contribution in [2.45, 2.75) is 57.4 Å². The topological polar surface area (TPSA) is 78.1 Å². The summed E-state index contributed by atoms with van der Waals surface area (Å²) >= 11 is 0. The Hall–Kier alpha value is -1.85. The average Bonchev–Trinajstić information content (AvgIpc) is 2.56. The molecule has 6 nitrogen and oxygen atoms in total. The number of nitrogens with zero attached hydrogens (tertiary/aromatic N) is 2. The van der Waals surface area contributed by atoms with Crippen molar-refractivity contribution in [1.29, 1.82) is 0 Å². The zero-order valence-corrected chi connectivity index (χ0v) is 13.6. The van der Waals surface area contributed by atoms with Gasteiger partial charge in [-0.25, -0.2) is 5.10 Å². The van der Waals surface area contributed by atoms with E-state index >= 15 is 0 Å². The summed E-state index contributed by atoms with van der Waals surface area (Å²) in [7, 11) is 0. The Morgan fingerprint density at radius 2 is 1.96 bits per heavy atom. The van der Waals surface area contributed by atoms with Crippen molar-refractivity contribution in [3.05, 3.63) is 22.6 Å². The number of rotatable bonds is 4. The first-order valence-corrected chi connectivity index (χ1v) is 8.80. The number of hydrogen-bond donors (Lipinski definition) is 2. The number of anilines is 1. The van der Waals surface area contributed by atoms with Crippen molar-refractivity contribution in [2.75, 3.05) is 18.0 Å². The SMILES string of the molecule is O=C(CC1CCCCC1)NC1CCN(c2cn[nH]c(=O)c2)CC1. The molecule has 1 aliphatic heterocycles. The molecule has 1 aromatic rings. The molecular weight excluding hydrogens is 292 g/mol. The molecule has 0 atom stereocenters. The molecule has 1 aromatic heterocycles. The second kappa shape index (κ2) is 7.62. The van der Waals surface area contributed by atoms with Gasteiger partial charge in [0.1, 0.15) is 0 Å². The lowest BCUT2D eigenvalue weighted by Gasteiger charge is -2.33. The number of piperidine rings is 1. The average molecular weight is 318 g/mol. The van der Waals surface area contributed by atoms with Crippen LogP contribution in [0.25, 0.3) is 0 Å². The van der Waals surface area contributed by atoms with E-state index in [-0.39, 0.29) is 17.5 Å². The van der Waals surface area contributed by atoms with E-state index < -0.39 is 0 Å². The second-order valence-electron chi connectivity index (χ2n) is 6.84. The number of amides is 1. The summed E-state index contributed by atoms with van der Waals surface area (Å²) in [6.07, 6.45) is 10.5. The number of nitrogens with one attached hydrogen (secondary N) is 2. The Labute approximate surface area is 136 Å². The molecule has 1 saturated heterocycles. The van der Waals surface area contributed by atoms with E-state index in [1.54, 1.807) is 12.3 Å². The quantitative estimate of drug-likeness (QED) is 0.888. The lowest BCUT2D eigenvalue weighted by atomic mass is 9.86. The molecule has 2 aliphatic rings. The van der Waals surface area contributed by atoms with Crippen LogP contribution in [-0.2, 0) is 4.79 Å². The van der Waals surface area contributed by atoms with Crippen molar-refractivity contribution in [3.63, 3.8) is 0 Å². The molecule has 1 amide bonds. The summed E-state index contributed by atoms with van der Waals surface area (Å²) < 4.78 is 0. The Morgan fingerprint density at radius 1 is 1.22 bits per heavy atom. The van der Waals surface area contributed by atoms with Gasteiger partial charge in [-0.05, 0) is 31.6 Å². The van der Waals surface area contributed by atoms with Gasteiger partial charge in [-0.2, -0.15) is 5.10 Å². The van der Waals surface area contributed by atoms with Gasteiger partial charge in [-0.15, -0.1) is 0 Å². The molecule has 126 valence electrons. The normalized spacial score (nSPS) is 20.4. The monoisotopic (exact) mass is 318 g/mol. The number of aromatic amines is 1. The van der Waals surface area contributed by atoms with Crippen molar-refractivity contribution >= 4 is 11.6 Å². The molecular formula is C17H26N4O2. The summed E-state index contributed by atoms with van der Waals surface area (Å²) in [4.78, 5) is 25.7. The van der Waals surface area contributed by atoms with E-state index in [0.29, 0.717) is 12.3 Å². The van der Waals surface area contributed by atoms with Crippen LogP contribution in [0, 0.1) is 5.92 Å². The predicted octanol–water partition coefficient (Wildman–Crippen LogP) is 1.83. The third kappa shape index (κ3) is 4.56. The van der Waals surface area contributed by atoms with Gasteiger partial charge in [0.25, 0.3) is 5.56 Å². The number of hydrogen-bond acceptors (Lipinski definition) is 4. The maximum atomic E-state index is 12.2. The molecule has 1 saturated carbocycles. The van der Waals surface area contributed by atoms with Gasteiger partial charge in [0, 0.05) is 31.6 Å². The van der Waals surface area contributed by atoms with E-state index in [1.165, 1.54) is 32.1 Å². The van der Waals surface area contributed by atoms with Crippen LogP contribution in [0.5, 0.6) is 0 Å². The smallest absolute Gasteiger partial charge is 0.266 e. The Kier molecular flexibility index (Phi) is 5.31. The lowest BCUT2D eigenvalue weighted by molar-refractivity contribution is -0.123. The molecule has 2 heterocycles. The van der Waals surface area contributed by atoms with E-state index in [1.807, 2.05) is 0 Å². The third-order valence-electron chi connectivity index (χ3n) is 5.07. The Bertz CT molecular complexity index is 572. The van der Waals surface area contributed by atoms with E-state index in [9.17, 15) is 9.59 Å². The van der Waals surface area contributed by atoms with Crippen molar-refractivity contribution in [2.24, 2.45) is 5.92 Å². The van der Waals surface area contributed by atoms with Gasteiger partial charge in [-0.1, -0.05) is 19.3 Å². The maximum absolute atomic E-state index is 12.2. The summed E-state index contributed by atoms with van der Waals surface area (Å²) in [5.74, 6) is 0.805. The van der Waals surface area contributed by atoms with Gasteiger partial charge in [0.05, 0.1) is 11.9 Å². The van der Waals surface area contributed by atoms with Crippen molar-refractivity contribution < 1.29 is 4.79 Å². The largest absolute Gasteiger partial charge is 0.370 e. The van der Waals surface area contributed by atoms with Crippen LogP contribution >= 0.6 is 0 Å². The molecule has 6 heteroatoms. The van der Waals surface area contributed by atoms with Gasteiger partial charge in [0.2, 0.25) is 5.91 Å². The highest BCUT2D eigenvalue weighted by atomic mass is 16.1. The molecule has 2 N–H and O–H groups in total. The number of carbonyl (C=O) groups is 1. The first-order valence-electron chi connectivity index (χ1n) is 8.80. The predicted molar refractivity (Wildman–Crippen MR) is 89.4 cm³/mol. The number of H-pyrrole nitrogens is 1. The zero-order chi connectivity index (χ0) is 16.1. The zero-order valence-electron chi connectivity index (χ0n) is 13.6. The minimum atomic E-state index is -0.176. The van der Waals surface area contributed by atoms with Crippen LogP contribution in [0.3, 0.4) is 0 Å².